The van der Waals surface area contributed by atoms with Crippen LogP contribution in [0, 0.1) is 11.8 Å². The Morgan fingerprint density at radius 1 is 1.12 bits per heavy atom. The van der Waals surface area contributed by atoms with Gasteiger partial charge in [-0.25, -0.2) is 0 Å². The highest BCUT2D eigenvalue weighted by Crippen LogP contribution is 2.05. The van der Waals surface area contributed by atoms with Gasteiger partial charge in [-0.2, -0.15) is 0 Å². The zero-order chi connectivity index (χ0) is 12.6. The molecule has 3 nitrogen and oxygen atoms in total. The Morgan fingerprint density at radius 3 is 2.25 bits per heavy atom. The number of rotatable bonds is 8. The fourth-order valence-corrected chi connectivity index (χ4v) is 1.64. The minimum atomic E-state index is -0.343. The summed E-state index contributed by atoms with van der Waals surface area (Å²) in [6.07, 6.45) is 4.22. The highest BCUT2D eigenvalue weighted by molar-refractivity contribution is 5.81. The summed E-state index contributed by atoms with van der Waals surface area (Å²) in [6.45, 7) is 9.36. The minimum Gasteiger partial charge on any atom is -0.355 e. The molecule has 0 radical (unpaired) electrons. The predicted molar refractivity (Wildman–Crippen MR) is 69.1 cm³/mol. The summed E-state index contributed by atoms with van der Waals surface area (Å²) >= 11 is 0. The summed E-state index contributed by atoms with van der Waals surface area (Å²) in [6, 6.07) is -0.343. The van der Waals surface area contributed by atoms with Gasteiger partial charge >= 0.3 is 0 Å². The van der Waals surface area contributed by atoms with E-state index in [1.54, 1.807) is 0 Å². The van der Waals surface area contributed by atoms with E-state index in [1.807, 2.05) is 0 Å². The monoisotopic (exact) mass is 228 g/mol. The first-order valence-electron chi connectivity index (χ1n) is 6.46. The van der Waals surface area contributed by atoms with Gasteiger partial charge in [0.2, 0.25) is 5.91 Å². The van der Waals surface area contributed by atoms with Crippen LogP contribution in [0.25, 0.3) is 0 Å². The van der Waals surface area contributed by atoms with Crippen molar-refractivity contribution in [1.29, 1.82) is 0 Å². The summed E-state index contributed by atoms with van der Waals surface area (Å²) in [5, 5.41) is 2.90. The van der Waals surface area contributed by atoms with Crippen LogP contribution in [0.2, 0.25) is 0 Å². The lowest BCUT2D eigenvalue weighted by Gasteiger charge is -2.14. The molecule has 0 aromatic carbocycles. The second kappa shape index (κ2) is 8.57. The molecular weight excluding hydrogens is 200 g/mol. The Kier molecular flexibility index (Phi) is 8.26. The fraction of sp³-hybridized carbons (Fsp3) is 0.923. The molecule has 0 aromatic rings. The van der Waals surface area contributed by atoms with E-state index in [0.717, 1.165) is 25.3 Å². The Morgan fingerprint density at radius 2 is 1.75 bits per heavy atom. The quantitative estimate of drug-likeness (QED) is 0.626. The zero-order valence-electron chi connectivity index (χ0n) is 11.3. The van der Waals surface area contributed by atoms with Crippen LogP contribution in [-0.2, 0) is 4.79 Å². The molecule has 0 spiro atoms. The van der Waals surface area contributed by atoms with E-state index in [0.29, 0.717) is 5.92 Å². The summed E-state index contributed by atoms with van der Waals surface area (Å²) in [7, 11) is 0. The normalized spacial score (nSPS) is 13.2. The molecule has 0 fully saturated rings. The van der Waals surface area contributed by atoms with Gasteiger partial charge < -0.3 is 11.1 Å². The van der Waals surface area contributed by atoms with Crippen molar-refractivity contribution in [3.05, 3.63) is 0 Å². The van der Waals surface area contributed by atoms with Crippen molar-refractivity contribution in [2.45, 2.75) is 59.4 Å². The van der Waals surface area contributed by atoms with Crippen molar-refractivity contribution < 1.29 is 4.79 Å². The van der Waals surface area contributed by atoms with Crippen LogP contribution >= 0.6 is 0 Å². The van der Waals surface area contributed by atoms with E-state index >= 15 is 0 Å². The molecule has 0 bridgehead atoms. The Balaban J connectivity index is 3.50. The van der Waals surface area contributed by atoms with Crippen LogP contribution in [0.5, 0.6) is 0 Å². The highest BCUT2D eigenvalue weighted by Gasteiger charge is 2.13. The van der Waals surface area contributed by atoms with Gasteiger partial charge in [-0.1, -0.05) is 40.5 Å². The van der Waals surface area contributed by atoms with Crippen molar-refractivity contribution in [1.82, 2.24) is 5.32 Å². The summed E-state index contributed by atoms with van der Waals surface area (Å²) in [5.74, 6) is 1.22. The molecule has 3 heteroatoms. The van der Waals surface area contributed by atoms with Crippen LogP contribution in [0.4, 0.5) is 0 Å². The average Bonchev–Trinajstić information content (AvgIpc) is 2.15. The molecule has 96 valence electrons. The fourth-order valence-electron chi connectivity index (χ4n) is 1.64. The lowest BCUT2D eigenvalue weighted by molar-refractivity contribution is -0.122. The Hall–Kier alpha value is -0.570. The van der Waals surface area contributed by atoms with Crippen molar-refractivity contribution >= 4 is 5.91 Å². The summed E-state index contributed by atoms with van der Waals surface area (Å²) < 4.78 is 0. The highest BCUT2D eigenvalue weighted by atomic mass is 16.2. The molecule has 16 heavy (non-hydrogen) atoms. The van der Waals surface area contributed by atoms with Crippen molar-refractivity contribution in [3.8, 4) is 0 Å². The number of carbonyl (C=O) groups is 1. The Labute approximate surface area is 100 Å². The average molecular weight is 228 g/mol. The lowest BCUT2D eigenvalue weighted by atomic mass is 10.0. The molecule has 0 rings (SSSR count). The first kappa shape index (κ1) is 15.4. The molecule has 0 aliphatic heterocycles. The summed E-state index contributed by atoms with van der Waals surface area (Å²) in [4.78, 5) is 11.5. The van der Waals surface area contributed by atoms with Gasteiger partial charge in [0.1, 0.15) is 0 Å². The largest absolute Gasteiger partial charge is 0.355 e. The zero-order valence-corrected chi connectivity index (χ0v) is 11.3. The van der Waals surface area contributed by atoms with Gasteiger partial charge in [-0.15, -0.1) is 0 Å². The number of amides is 1. The third-order valence-corrected chi connectivity index (χ3v) is 2.57. The molecule has 3 N–H and O–H groups in total. The van der Waals surface area contributed by atoms with Gasteiger partial charge in [0.15, 0.2) is 0 Å². The van der Waals surface area contributed by atoms with Crippen LogP contribution in [0.1, 0.15) is 53.4 Å². The first-order valence-corrected chi connectivity index (χ1v) is 6.46. The third-order valence-electron chi connectivity index (χ3n) is 2.57. The maximum absolute atomic E-state index is 11.5. The first-order chi connectivity index (χ1) is 7.43. The number of carbonyl (C=O) groups excluding carboxylic acids is 1. The van der Waals surface area contributed by atoms with Gasteiger partial charge in [0.05, 0.1) is 6.04 Å². The molecule has 1 unspecified atom stereocenters. The number of nitrogens with one attached hydrogen (secondary N) is 1. The van der Waals surface area contributed by atoms with Crippen LogP contribution < -0.4 is 11.1 Å². The van der Waals surface area contributed by atoms with E-state index in [4.69, 9.17) is 5.73 Å². The van der Waals surface area contributed by atoms with Crippen molar-refractivity contribution in [2.24, 2.45) is 17.6 Å². The molecule has 1 atom stereocenters. The summed E-state index contributed by atoms with van der Waals surface area (Å²) in [5.41, 5.74) is 5.77. The van der Waals surface area contributed by atoms with Crippen molar-refractivity contribution in [2.75, 3.05) is 6.54 Å². The third kappa shape index (κ3) is 8.72. The number of hydrogen-bond donors (Lipinski definition) is 2. The predicted octanol–water partition coefficient (Wildman–Crippen LogP) is 2.30. The SMILES string of the molecule is CC(C)CCCCNC(=O)C(N)CC(C)C. The van der Waals surface area contributed by atoms with Crippen molar-refractivity contribution in [3.63, 3.8) is 0 Å². The molecule has 1 amide bonds. The Bertz CT molecular complexity index is 190. The smallest absolute Gasteiger partial charge is 0.236 e. The number of hydrogen-bond acceptors (Lipinski definition) is 2. The maximum atomic E-state index is 11.5. The van der Waals surface area contributed by atoms with E-state index in [1.165, 1.54) is 12.8 Å². The van der Waals surface area contributed by atoms with E-state index in [-0.39, 0.29) is 11.9 Å². The van der Waals surface area contributed by atoms with E-state index < -0.39 is 0 Å². The van der Waals surface area contributed by atoms with Crippen LogP contribution in [0.15, 0.2) is 0 Å². The molecular formula is C13H28N2O. The van der Waals surface area contributed by atoms with Crippen LogP contribution in [0.3, 0.4) is 0 Å². The molecule has 0 aromatic heterocycles. The van der Waals surface area contributed by atoms with E-state index in [2.05, 4.69) is 33.0 Å². The second-order valence-corrected chi connectivity index (χ2v) is 5.42. The molecule has 0 aliphatic rings. The standard InChI is InChI=1S/C13H28N2O/c1-10(2)7-5-6-8-15-13(16)12(14)9-11(3)4/h10-12H,5-9,14H2,1-4H3,(H,15,16). The maximum Gasteiger partial charge on any atom is 0.236 e. The molecule has 0 saturated carbocycles. The van der Waals surface area contributed by atoms with E-state index in [9.17, 15) is 4.79 Å². The molecule has 0 saturated heterocycles. The lowest BCUT2D eigenvalue weighted by Crippen LogP contribution is -2.41. The molecule has 0 aliphatic carbocycles. The van der Waals surface area contributed by atoms with Gasteiger partial charge in [-0.3, -0.25) is 4.79 Å². The van der Waals surface area contributed by atoms with Gasteiger partial charge in [0.25, 0.3) is 0 Å². The number of nitrogens with two attached hydrogens (primary N) is 1. The van der Waals surface area contributed by atoms with Gasteiger partial charge in [-0.05, 0) is 24.7 Å². The molecule has 0 heterocycles. The number of unbranched alkanes of at least 4 members (excludes halogenated alkanes) is 1. The second-order valence-electron chi connectivity index (χ2n) is 5.42. The van der Waals surface area contributed by atoms with Gasteiger partial charge in [0, 0.05) is 6.54 Å². The minimum absolute atomic E-state index is 0.00162. The van der Waals surface area contributed by atoms with Crippen LogP contribution in [-0.4, -0.2) is 18.5 Å². The topological polar surface area (TPSA) is 55.1 Å².